The Bertz CT molecular complexity index is 759. The molecule has 0 radical (unpaired) electrons. The van der Waals surface area contributed by atoms with Gasteiger partial charge in [0.1, 0.15) is 5.58 Å². The summed E-state index contributed by atoms with van der Waals surface area (Å²) in [5.74, 6) is -0.00265. The van der Waals surface area contributed by atoms with E-state index in [1.165, 1.54) is 0 Å². The fourth-order valence-corrected chi connectivity index (χ4v) is 2.20. The van der Waals surface area contributed by atoms with Crippen molar-refractivity contribution < 1.29 is 9.21 Å². The molecule has 0 aliphatic carbocycles. The van der Waals surface area contributed by atoms with Gasteiger partial charge in [-0.2, -0.15) is 0 Å². The normalized spacial score (nSPS) is 10.7. The van der Waals surface area contributed by atoms with Crippen LogP contribution in [0.1, 0.15) is 16.1 Å². The first-order valence-corrected chi connectivity index (χ1v) is 6.58. The zero-order valence-electron chi connectivity index (χ0n) is 10.8. The van der Waals surface area contributed by atoms with Crippen LogP contribution in [0.5, 0.6) is 0 Å². The number of furan rings is 1. The summed E-state index contributed by atoms with van der Waals surface area (Å²) in [6, 6.07) is 14.6. The number of nitrogens with one attached hydrogen (secondary N) is 1. The number of amides is 1. The Balaban J connectivity index is 1.91. The van der Waals surface area contributed by atoms with E-state index in [0.717, 1.165) is 10.9 Å². The first-order chi connectivity index (χ1) is 9.65. The molecule has 0 saturated heterocycles. The minimum Gasteiger partial charge on any atom is -0.451 e. The number of halogens is 1. The molecule has 3 nitrogen and oxygen atoms in total. The number of hydrogen-bond acceptors (Lipinski definition) is 2. The topological polar surface area (TPSA) is 42.2 Å². The number of rotatable bonds is 2. The summed E-state index contributed by atoms with van der Waals surface area (Å²) in [6.07, 6.45) is 0. The number of carbonyl (C=O) groups excluding carboxylic acids is 1. The van der Waals surface area contributed by atoms with Gasteiger partial charge in [0.2, 0.25) is 0 Å². The molecule has 0 saturated carbocycles. The van der Waals surface area contributed by atoms with E-state index in [-0.39, 0.29) is 11.7 Å². The molecule has 0 aliphatic heterocycles. The average molecular weight is 286 g/mol. The van der Waals surface area contributed by atoms with E-state index in [1.807, 2.05) is 37.3 Å². The number of fused-ring (bicyclic) bond motifs is 1. The van der Waals surface area contributed by atoms with Crippen molar-refractivity contribution in [2.75, 3.05) is 5.32 Å². The summed E-state index contributed by atoms with van der Waals surface area (Å²) in [5, 5.41) is 4.33. The second kappa shape index (κ2) is 5.02. The van der Waals surface area contributed by atoms with Gasteiger partial charge in [0.25, 0.3) is 5.91 Å². The van der Waals surface area contributed by atoms with E-state index in [1.54, 1.807) is 18.2 Å². The molecule has 20 heavy (non-hydrogen) atoms. The third-order valence-corrected chi connectivity index (χ3v) is 3.57. The summed E-state index contributed by atoms with van der Waals surface area (Å²) < 4.78 is 5.53. The molecule has 0 bridgehead atoms. The fraction of sp³-hybridized carbons (Fsp3) is 0.0625. The maximum Gasteiger partial charge on any atom is 0.291 e. The molecular formula is C16H12ClNO2. The van der Waals surface area contributed by atoms with E-state index >= 15 is 0 Å². The lowest BCUT2D eigenvalue weighted by Gasteiger charge is -2.07. The summed E-state index contributed by atoms with van der Waals surface area (Å²) in [6.45, 7) is 1.86. The van der Waals surface area contributed by atoms with Gasteiger partial charge in [-0.05, 0) is 36.8 Å². The standard InChI is InChI=1S/C16H12ClNO2/c1-10-12(17)6-4-7-13(10)18-16(19)15-9-11-5-2-3-8-14(11)20-15/h2-9H,1H3,(H,18,19). The monoisotopic (exact) mass is 285 g/mol. The summed E-state index contributed by atoms with van der Waals surface area (Å²) in [4.78, 5) is 12.2. The van der Waals surface area contributed by atoms with E-state index < -0.39 is 0 Å². The van der Waals surface area contributed by atoms with E-state index in [2.05, 4.69) is 5.32 Å². The number of carbonyl (C=O) groups is 1. The van der Waals surface area contributed by atoms with E-state index in [0.29, 0.717) is 16.3 Å². The number of anilines is 1. The Morgan fingerprint density at radius 2 is 1.95 bits per heavy atom. The summed E-state index contributed by atoms with van der Waals surface area (Å²) >= 11 is 6.03. The second-order valence-electron chi connectivity index (χ2n) is 4.51. The van der Waals surface area contributed by atoms with Crippen molar-refractivity contribution in [3.63, 3.8) is 0 Å². The molecule has 1 amide bonds. The molecule has 4 heteroatoms. The molecular weight excluding hydrogens is 274 g/mol. The zero-order valence-corrected chi connectivity index (χ0v) is 11.6. The van der Waals surface area contributed by atoms with Crippen molar-refractivity contribution >= 4 is 34.2 Å². The highest BCUT2D eigenvalue weighted by Crippen LogP contribution is 2.24. The van der Waals surface area contributed by atoms with Gasteiger partial charge < -0.3 is 9.73 Å². The number of para-hydroxylation sites is 1. The summed E-state index contributed by atoms with van der Waals surface area (Å²) in [7, 11) is 0. The van der Waals surface area contributed by atoms with Crippen LogP contribution >= 0.6 is 11.6 Å². The third-order valence-electron chi connectivity index (χ3n) is 3.17. The predicted molar refractivity (Wildman–Crippen MR) is 80.4 cm³/mol. The first-order valence-electron chi connectivity index (χ1n) is 6.20. The summed E-state index contributed by atoms with van der Waals surface area (Å²) in [5.41, 5.74) is 2.21. The average Bonchev–Trinajstić information content (AvgIpc) is 2.88. The second-order valence-corrected chi connectivity index (χ2v) is 4.92. The van der Waals surface area contributed by atoms with Crippen LogP contribution in [0.3, 0.4) is 0 Å². The van der Waals surface area contributed by atoms with Crippen LogP contribution in [0.2, 0.25) is 5.02 Å². The highest BCUT2D eigenvalue weighted by Gasteiger charge is 2.13. The van der Waals surface area contributed by atoms with Gasteiger partial charge in [0, 0.05) is 16.1 Å². The van der Waals surface area contributed by atoms with Gasteiger partial charge in [0.15, 0.2) is 5.76 Å². The van der Waals surface area contributed by atoms with Crippen molar-refractivity contribution in [1.82, 2.24) is 0 Å². The van der Waals surface area contributed by atoms with Gasteiger partial charge in [0.05, 0.1) is 0 Å². The minimum absolute atomic E-state index is 0.283. The maximum atomic E-state index is 12.2. The lowest BCUT2D eigenvalue weighted by atomic mass is 10.2. The van der Waals surface area contributed by atoms with Crippen LogP contribution in [-0.2, 0) is 0 Å². The van der Waals surface area contributed by atoms with Gasteiger partial charge in [-0.3, -0.25) is 4.79 Å². The highest BCUT2D eigenvalue weighted by atomic mass is 35.5. The van der Waals surface area contributed by atoms with Crippen molar-refractivity contribution in [3.8, 4) is 0 Å². The molecule has 0 unspecified atom stereocenters. The lowest BCUT2D eigenvalue weighted by molar-refractivity contribution is 0.0998. The largest absolute Gasteiger partial charge is 0.451 e. The number of benzene rings is 2. The smallest absolute Gasteiger partial charge is 0.291 e. The lowest BCUT2D eigenvalue weighted by Crippen LogP contribution is -2.11. The van der Waals surface area contributed by atoms with Crippen LogP contribution in [0, 0.1) is 6.92 Å². The first kappa shape index (κ1) is 12.8. The molecule has 3 aromatic rings. The highest BCUT2D eigenvalue weighted by molar-refractivity contribution is 6.31. The molecule has 0 atom stereocenters. The molecule has 0 spiro atoms. The molecule has 1 heterocycles. The Hall–Kier alpha value is -2.26. The van der Waals surface area contributed by atoms with Crippen LogP contribution in [0.15, 0.2) is 52.9 Å². The predicted octanol–water partition coefficient (Wildman–Crippen LogP) is 4.65. The van der Waals surface area contributed by atoms with Crippen molar-refractivity contribution in [1.29, 1.82) is 0 Å². The van der Waals surface area contributed by atoms with Crippen LogP contribution in [0.4, 0.5) is 5.69 Å². The SMILES string of the molecule is Cc1c(Cl)cccc1NC(=O)c1cc2ccccc2o1. The van der Waals surface area contributed by atoms with Crippen molar-refractivity contribution in [2.45, 2.75) is 6.92 Å². The molecule has 100 valence electrons. The molecule has 1 aromatic heterocycles. The molecule has 3 rings (SSSR count). The zero-order chi connectivity index (χ0) is 14.1. The van der Waals surface area contributed by atoms with Gasteiger partial charge in [-0.1, -0.05) is 35.9 Å². The Kier molecular flexibility index (Phi) is 3.20. The van der Waals surface area contributed by atoms with E-state index in [9.17, 15) is 4.79 Å². The van der Waals surface area contributed by atoms with Crippen molar-refractivity contribution in [2.24, 2.45) is 0 Å². The van der Waals surface area contributed by atoms with Crippen LogP contribution in [0.25, 0.3) is 11.0 Å². The maximum absolute atomic E-state index is 12.2. The number of hydrogen-bond donors (Lipinski definition) is 1. The molecule has 1 N–H and O–H groups in total. The molecule has 2 aromatic carbocycles. The van der Waals surface area contributed by atoms with Crippen LogP contribution in [-0.4, -0.2) is 5.91 Å². The Morgan fingerprint density at radius 3 is 2.75 bits per heavy atom. The minimum atomic E-state index is -0.286. The Morgan fingerprint density at radius 1 is 1.15 bits per heavy atom. The quantitative estimate of drug-likeness (QED) is 0.745. The van der Waals surface area contributed by atoms with Gasteiger partial charge in [-0.15, -0.1) is 0 Å². The third kappa shape index (κ3) is 2.28. The van der Waals surface area contributed by atoms with Gasteiger partial charge >= 0.3 is 0 Å². The van der Waals surface area contributed by atoms with E-state index in [4.69, 9.17) is 16.0 Å². The Labute approximate surface area is 121 Å². The molecule has 0 fully saturated rings. The van der Waals surface area contributed by atoms with Gasteiger partial charge in [-0.25, -0.2) is 0 Å². The van der Waals surface area contributed by atoms with Crippen LogP contribution < -0.4 is 5.32 Å². The van der Waals surface area contributed by atoms with Crippen molar-refractivity contribution in [3.05, 3.63) is 64.9 Å². The fourth-order valence-electron chi connectivity index (χ4n) is 2.02. The molecule has 0 aliphatic rings.